The van der Waals surface area contributed by atoms with Crippen molar-refractivity contribution >= 4 is 29.8 Å². The average Bonchev–Trinajstić information content (AvgIpc) is 3.29. The first-order valence-electron chi connectivity index (χ1n) is 16.6. The third-order valence-corrected chi connectivity index (χ3v) is 11.3. The molecule has 2 aromatic rings. The van der Waals surface area contributed by atoms with E-state index in [0.29, 0.717) is 0 Å². The number of aliphatic hydroxyl groups excluding tert-OH is 1. The molecule has 1 N–H and O–H groups in total. The van der Waals surface area contributed by atoms with Gasteiger partial charge >= 0.3 is 29.8 Å². The first-order valence-corrected chi connectivity index (χ1v) is 16.6. The summed E-state index contributed by atoms with van der Waals surface area (Å²) < 4.78 is 37.0. The molecule has 50 heavy (non-hydrogen) atoms. The minimum absolute atomic E-state index is 0.118. The minimum Gasteiger partial charge on any atom is -0.458 e. The summed E-state index contributed by atoms with van der Waals surface area (Å²) >= 11 is 0. The van der Waals surface area contributed by atoms with Crippen LogP contribution in [0.3, 0.4) is 0 Å². The summed E-state index contributed by atoms with van der Waals surface area (Å²) in [6.45, 7) is 13.2. The average molecular weight is 691 g/mol. The van der Waals surface area contributed by atoms with Gasteiger partial charge in [0.05, 0.1) is 23.1 Å². The van der Waals surface area contributed by atoms with E-state index in [9.17, 15) is 29.1 Å². The van der Waals surface area contributed by atoms with Crippen LogP contribution in [-0.2, 0) is 42.8 Å². The molecular formula is C38H42O12. The second-order valence-corrected chi connectivity index (χ2v) is 14.6. The molecule has 2 aliphatic heterocycles. The van der Waals surface area contributed by atoms with E-state index in [1.165, 1.54) is 26.8 Å². The SMILES string of the molecule is C=C[C@H]1[C@@H](OC(=O)c2ccccc2)[C@H]2[C@@]3(O[C@@]1(C)OC3=O)[C@H](O)C[C@H]1C(C)(C)[C@H](OC(C)=O)[C@H](OC(C)=O)[C@H](OC(=O)c3ccccc3)[C@@]12C. The monoisotopic (exact) mass is 690 g/mol. The maximum Gasteiger partial charge on any atom is 0.344 e. The Morgan fingerprint density at radius 2 is 1.34 bits per heavy atom. The standard InChI is InChI=1S/C38H42O12/c1-8-24-27(47-32(42)22-15-11-9-12-16-22)29-36(6)25(19-26(41)38(29)34(44)49-37(24,7)50-38)35(4,5)30(46-21(3)40)28(45-20(2)39)31(36)48-33(43)23-17-13-10-14-18-23/h8-18,24-31,41H,1,19H2,2-7H3/t24-,25-,26+,27+,28-,29+,30+,31-,36-,37+,38-/m0/s1. The summed E-state index contributed by atoms with van der Waals surface area (Å²) in [7, 11) is 0. The highest BCUT2D eigenvalue weighted by Crippen LogP contribution is 2.70. The fourth-order valence-electron chi connectivity index (χ4n) is 9.37. The van der Waals surface area contributed by atoms with E-state index in [1.54, 1.807) is 81.4 Å². The van der Waals surface area contributed by atoms with Crippen molar-refractivity contribution in [1.29, 1.82) is 0 Å². The topological polar surface area (TPSA) is 161 Å². The zero-order valence-electron chi connectivity index (χ0n) is 28.8. The number of carbonyl (C=O) groups excluding carboxylic acids is 5. The first-order chi connectivity index (χ1) is 23.5. The third-order valence-electron chi connectivity index (χ3n) is 11.3. The van der Waals surface area contributed by atoms with Gasteiger partial charge in [-0.3, -0.25) is 9.59 Å². The molecule has 12 nitrogen and oxygen atoms in total. The predicted octanol–water partition coefficient (Wildman–Crippen LogP) is 4.19. The fourth-order valence-corrected chi connectivity index (χ4v) is 9.37. The summed E-state index contributed by atoms with van der Waals surface area (Å²) in [5.74, 6) is -8.53. The number of rotatable bonds is 7. The van der Waals surface area contributed by atoms with Gasteiger partial charge in [0, 0.05) is 37.5 Å². The Labute approximate surface area is 290 Å². The highest BCUT2D eigenvalue weighted by molar-refractivity contribution is 5.90. The van der Waals surface area contributed by atoms with E-state index in [1.807, 2.05) is 0 Å². The highest BCUT2D eigenvalue weighted by Gasteiger charge is 2.83. The molecule has 0 radical (unpaired) electrons. The van der Waals surface area contributed by atoms with Crippen molar-refractivity contribution in [3.05, 3.63) is 84.4 Å². The zero-order chi connectivity index (χ0) is 36.4. The highest BCUT2D eigenvalue weighted by atomic mass is 16.8. The second kappa shape index (κ2) is 12.3. The molecule has 2 bridgehead atoms. The molecular weight excluding hydrogens is 648 g/mol. The number of aliphatic hydroxyl groups is 1. The smallest absolute Gasteiger partial charge is 0.344 e. The first kappa shape index (κ1) is 35.3. The minimum atomic E-state index is -2.12. The third kappa shape index (κ3) is 5.22. The lowest BCUT2D eigenvalue weighted by molar-refractivity contribution is -0.354. The maximum atomic E-state index is 14.2. The Hall–Kier alpha value is -4.55. The van der Waals surface area contributed by atoms with Crippen molar-refractivity contribution in [2.75, 3.05) is 0 Å². The Morgan fingerprint density at radius 3 is 1.86 bits per heavy atom. The summed E-state index contributed by atoms with van der Waals surface area (Å²) in [5.41, 5.74) is -4.33. The molecule has 2 saturated carbocycles. The number of esters is 5. The molecule has 266 valence electrons. The van der Waals surface area contributed by atoms with Crippen molar-refractivity contribution in [2.45, 2.75) is 89.9 Å². The van der Waals surface area contributed by atoms with E-state index < -0.39 is 100 Å². The van der Waals surface area contributed by atoms with Crippen LogP contribution in [0.25, 0.3) is 0 Å². The van der Waals surface area contributed by atoms with Crippen LogP contribution in [0, 0.1) is 28.6 Å². The quantitative estimate of drug-likeness (QED) is 0.251. The summed E-state index contributed by atoms with van der Waals surface area (Å²) in [6, 6.07) is 16.4. The molecule has 1 spiro atoms. The summed E-state index contributed by atoms with van der Waals surface area (Å²) in [6.07, 6.45) is -5.46. The van der Waals surface area contributed by atoms with Crippen LogP contribution in [0.1, 0.15) is 68.7 Å². The van der Waals surface area contributed by atoms with Gasteiger partial charge in [0.1, 0.15) is 18.3 Å². The molecule has 0 aromatic heterocycles. The van der Waals surface area contributed by atoms with Crippen molar-refractivity contribution in [3.63, 3.8) is 0 Å². The number of carbonyl (C=O) groups is 5. The molecule has 11 atom stereocenters. The Kier molecular flexibility index (Phi) is 8.71. The van der Waals surface area contributed by atoms with Crippen LogP contribution in [-0.4, -0.2) is 76.9 Å². The van der Waals surface area contributed by atoms with Gasteiger partial charge in [0.2, 0.25) is 11.4 Å². The van der Waals surface area contributed by atoms with Crippen LogP contribution < -0.4 is 0 Å². The lowest BCUT2D eigenvalue weighted by Crippen LogP contribution is -2.80. The predicted molar refractivity (Wildman–Crippen MR) is 174 cm³/mol. The van der Waals surface area contributed by atoms with Crippen LogP contribution in [0.15, 0.2) is 73.3 Å². The van der Waals surface area contributed by atoms with Crippen molar-refractivity contribution in [2.24, 2.45) is 28.6 Å². The molecule has 0 amide bonds. The normalized spacial score (nSPS) is 37.9. The summed E-state index contributed by atoms with van der Waals surface area (Å²) in [5, 5.41) is 12.1. The largest absolute Gasteiger partial charge is 0.458 e. The van der Waals surface area contributed by atoms with E-state index in [0.717, 1.165) is 0 Å². The van der Waals surface area contributed by atoms with Gasteiger partial charge in [-0.15, -0.1) is 6.58 Å². The zero-order valence-corrected chi connectivity index (χ0v) is 28.8. The maximum absolute atomic E-state index is 14.2. The molecule has 4 aliphatic rings. The number of hydrogen-bond donors (Lipinski definition) is 1. The van der Waals surface area contributed by atoms with E-state index >= 15 is 0 Å². The van der Waals surface area contributed by atoms with Gasteiger partial charge in [-0.2, -0.15) is 0 Å². The Bertz CT molecular complexity index is 1710. The van der Waals surface area contributed by atoms with Gasteiger partial charge in [-0.25, -0.2) is 14.4 Å². The second-order valence-electron chi connectivity index (χ2n) is 14.6. The van der Waals surface area contributed by atoms with Gasteiger partial charge in [-0.05, 0) is 36.6 Å². The molecule has 4 fully saturated rings. The van der Waals surface area contributed by atoms with Crippen LogP contribution in [0.4, 0.5) is 0 Å². The molecule has 12 heteroatoms. The van der Waals surface area contributed by atoms with E-state index in [2.05, 4.69) is 6.58 Å². The molecule has 2 aliphatic carbocycles. The van der Waals surface area contributed by atoms with Gasteiger partial charge in [0.15, 0.2) is 6.10 Å². The van der Waals surface area contributed by atoms with Gasteiger partial charge < -0.3 is 33.5 Å². The molecule has 2 heterocycles. The summed E-state index contributed by atoms with van der Waals surface area (Å²) in [4.78, 5) is 67.5. The molecule has 2 aromatic carbocycles. The lowest BCUT2D eigenvalue weighted by atomic mass is 9.40. The van der Waals surface area contributed by atoms with Gasteiger partial charge in [0.25, 0.3) is 0 Å². The van der Waals surface area contributed by atoms with E-state index in [4.69, 9.17) is 28.4 Å². The molecule has 2 saturated heterocycles. The van der Waals surface area contributed by atoms with Crippen molar-refractivity contribution in [3.8, 4) is 0 Å². The molecule has 6 rings (SSSR count). The Balaban J connectivity index is 1.62. The molecule has 0 unspecified atom stereocenters. The van der Waals surface area contributed by atoms with Gasteiger partial charge in [-0.1, -0.05) is 63.2 Å². The Morgan fingerprint density at radius 1 is 0.800 bits per heavy atom. The number of benzene rings is 2. The van der Waals surface area contributed by atoms with Crippen LogP contribution in [0.5, 0.6) is 0 Å². The van der Waals surface area contributed by atoms with E-state index in [-0.39, 0.29) is 17.5 Å². The van der Waals surface area contributed by atoms with Crippen LogP contribution >= 0.6 is 0 Å². The number of hydrogen-bond acceptors (Lipinski definition) is 12. The number of fused-ring (bicyclic) bond motifs is 3. The van der Waals surface area contributed by atoms with Crippen molar-refractivity contribution in [1.82, 2.24) is 0 Å². The van der Waals surface area contributed by atoms with Crippen LogP contribution in [0.2, 0.25) is 0 Å². The lowest BCUT2D eigenvalue weighted by Gasteiger charge is -2.68. The fraction of sp³-hybridized carbons (Fsp3) is 0.500. The number of ether oxygens (including phenoxy) is 6. The van der Waals surface area contributed by atoms with Crippen molar-refractivity contribution < 1.29 is 57.5 Å².